The van der Waals surface area contributed by atoms with Crippen LogP contribution in [-0.2, 0) is 11.3 Å². The van der Waals surface area contributed by atoms with Crippen LogP contribution < -0.4 is 5.32 Å². The number of carbonyl (C=O) groups is 1. The molecule has 0 saturated heterocycles. The largest absolute Gasteiger partial charge is 0.325 e. The molecule has 0 bridgehead atoms. The number of nitrogens with one attached hydrogen (secondary N) is 1. The van der Waals surface area contributed by atoms with Crippen molar-refractivity contribution in [3.8, 4) is 0 Å². The third-order valence-corrected chi connectivity index (χ3v) is 2.53. The Morgan fingerprint density at radius 1 is 1.17 bits per heavy atom. The molecule has 0 fully saturated rings. The van der Waals surface area contributed by atoms with Gasteiger partial charge >= 0.3 is 0 Å². The number of hydrogen-bond acceptors (Lipinski definition) is 3. The summed E-state index contributed by atoms with van der Waals surface area (Å²) in [6, 6.07) is 6.18. The van der Waals surface area contributed by atoms with Crippen molar-refractivity contribution in [2.45, 2.75) is 13.5 Å². The summed E-state index contributed by atoms with van der Waals surface area (Å²) in [5.41, 5.74) is 3.19. The van der Waals surface area contributed by atoms with Gasteiger partial charge in [0, 0.05) is 12.2 Å². The smallest absolute Gasteiger partial charge is 0.238 e. The number of hydrogen-bond donors (Lipinski definition) is 1. The Morgan fingerprint density at radius 2 is 1.83 bits per heavy atom. The van der Waals surface area contributed by atoms with Crippen molar-refractivity contribution in [2.24, 2.45) is 0 Å². The van der Waals surface area contributed by atoms with Gasteiger partial charge in [0.1, 0.15) is 0 Å². The second-order valence-electron chi connectivity index (χ2n) is 5.17. The van der Waals surface area contributed by atoms with E-state index in [1.807, 2.05) is 52.1 Å². The van der Waals surface area contributed by atoms with Gasteiger partial charge in [-0.05, 0) is 52.3 Å². The maximum atomic E-state index is 11.7. The zero-order chi connectivity index (χ0) is 13.7. The van der Waals surface area contributed by atoms with Crippen molar-refractivity contribution in [1.29, 1.82) is 0 Å². The highest BCUT2D eigenvalue weighted by molar-refractivity contribution is 5.93. The number of nitrogens with zero attached hydrogens (tertiary/aromatic N) is 2. The summed E-state index contributed by atoms with van der Waals surface area (Å²) >= 11 is 0. The van der Waals surface area contributed by atoms with Crippen LogP contribution in [-0.4, -0.2) is 50.4 Å². The predicted molar refractivity (Wildman–Crippen MR) is 75.8 cm³/mol. The molecule has 0 unspecified atom stereocenters. The summed E-state index contributed by atoms with van der Waals surface area (Å²) in [5, 5.41) is 2.96. The molecular weight excluding hydrogens is 226 g/mol. The summed E-state index contributed by atoms with van der Waals surface area (Å²) < 4.78 is 0. The molecule has 18 heavy (non-hydrogen) atoms. The first-order valence-electron chi connectivity index (χ1n) is 6.07. The van der Waals surface area contributed by atoms with E-state index in [0.29, 0.717) is 6.54 Å². The van der Waals surface area contributed by atoms with Gasteiger partial charge in [0.2, 0.25) is 5.91 Å². The van der Waals surface area contributed by atoms with Crippen molar-refractivity contribution in [3.05, 3.63) is 29.3 Å². The van der Waals surface area contributed by atoms with Gasteiger partial charge in [0.15, 0.2) is 0 Å². The maximum absolute atomic E-state index is 11.7. The Balaban J connectivity index is 2.77. The molecule has 0 spiro atoms. The molecule has 1 rings (SSSR count). The van der Waals surface area contributed by atoms with Crippen LogP contribution in [0.5, 0.6) is 0 Å². The van der Waals surface area contributed by atoms with Crippen LogP contribution >= 0.6 is 0 Å². The predicted octanol–water partition coefficient (Wildman–Crippen LogP) is 1.56. The first kappa shape index (κ1) is 14.7. The Kier molecular flexibility index (Phi) is 5.31. The van der Waals surface area contributed by atoms with Crippen molar-refractivity contribution in [3.63, 3.8) is 0 Å². The van der Waals surface area contributed by atoms with Crippen molar-refractivity contribution in [2.75, 3.05) is 40.1 Å². The average Bonchev–Trinajstić information content (AvgIpc) is 2.21. The van der Waals surface area contributed by atoms with E-state index < -0.39 is 0 Å². The van der Waals surface area contributed by atoms with Crippen molar-refractivity contribution >= 4 is 11.6 Å². The molecule has 100 valence electrons. The lowest BCUT2D eigenvalue weighted by atomic mass is 10.1. The van der Waals surface area contributed by atoms with Crippen LogP contribution in [0, 0.1) is 6.92 Å². The van der Waals surface area contributed by atoms with Crippen LogP contribution in [0.15, 0.2) is 18.2 Å². The lowest BCUT2D eigenvalue weighted by molar-refractivity contribution is -0.116. The summed E-state index contributed by atoms with van der Waals surface area (Å²) in [6.45, 7) is 3.28. The standard InChI is InChI=1S/C14H23N3O/c1-11-6-7-12(9-16(2)3)8-13(11)15-14(18)10-17(4)5/h6-8H,9-10H2,1-5H3,(H,15,18). The minimum absolute atomic E-state index is 0.0186. The molecular formula is C14H23N3O. The van der Waals surface area contributed by atoms with Gasteiger partial charge in [-0.25, -0.2) is 0 Å². The fourth-order valence-corrected chi connectivity index (χ4v) is 1.74. The number of carbonyl (C=O) groups excluding carboxylic acids is 1. The molecule has 0 saturated carbocycles. The van der Waals surface area contributed by atoms with Gasteiger partial charge in [-0.2, -0.15) is 0 Å². The van der Waals surface area contributed by atoms with E-state index in [4.69, 9.17) is 0 Å². The third kappa shape index (κ3) is 4.85. The molecule has 4 heteroatoms. The lowest BCUT2D eigenvalue weighted by Crippen LogP contribution is -2.27. The fraction of sp³-hybridized carbons (Fsp3) is 0.500. The molecule has 1 aromatic rings. The number of anilines is 1. The Labute approximate surface area is 110 Å². The van der Waals surface area contributed by atoms with E-state index in [1.165, 1.54) is 5.56 Å². The summed E-state index contributed by atoms with van der Waals surface area (Å²) in [5.74, 6) is 0.0186. The zero-order valence-electron chi connectivity index (χ0n) is 11.9. The van der Waals surface area contributed by atoms with Gasteiger partial charge in [-0.3, -0.25) is 4.79 Å². The lowest BCUT2D eigenvalue weighted by Gasteiger charge is -2.15. The molecule has 4 nitrogen and oxygen atoms in total. The highest BCUT2D eigenvalue weighted by Crippen LogP contribution is 2.17. The minimum Gasteiger partial charge on any atom is -0.325 e. The highest BCUT2D eigenvalue weighted by atomic mass is 16.2. The first-order valence-corrected chi connectivity index (χ1v) is 6.07. The average molecular weight is 249 g/mol. The van der Waals surface area contributed by atoms with E-state index in [0.717, 1.165) is 17.8 Å². The summed E-state index contributed by atoms with van der Waals surface area (Å²) in [4.78, 5) is 15.7. The molecule has 1 N–H and O–H groups in total. The molecule has 0 aliphatic carbocycles. The SMILES string of the molecule is Cc1ccc(CN(C)C)cc1NC(=O)CN(C)C. The van der Waals surface area contributed by atoms with E-state index in [1.54, 1.807) is 0 Å². The molecule has 0 aliphatic rings. The van der Waals surface area contributed by atoms with Gasteiger partial charge in [0.05, 0.1) is 6.54 Å². The van der Waals surface area contributed by atoms with E-state index in [2.05, 4.69) is 16.3 Å². The van der Waals surface area contributed by atoms with Crippen LogP contribution in [0.2, 0.25) is 0 Å². The first-order chi connectivity index (χ1) is 8.38. The van der Waals surface area contributed by atoms with Crippen LogP contribution in [0.25, 0.3) is 0 Å². The Morgan fingerprint density at radius 3 is 2.39 bits per heavy atom. The number of aryl methyl sites for hydroxylation is 1. The monoisotopic (exact) mass is 249 g/mol. The summed E-state index contributed by atoms with van der Waals surface area (Å²) in [6.07, 6.45) is 0. The van der Waals surface area contributed by atoms with Crippen LogP contribution in [0.1, 0.15) is 11.1 Å². The maximum Gasteiger partial charge on any atom is 0.238 e. The van der Waals surface area contributed by atoms with Gasteiger partial charge in [0.25, 0.3) is 0 Å². The zero-order valence-corrected chi connectivity index (χ0v) is 11.9. The van der Waals surface area contributed by atoms with Crippen molar-refractivity contribution in [1.82, 2.24) is 9.80 Å². The molecule has 0 aromatic heterocycles. The number of likely N-dealkylation sites (N-methyl/N-ethyl adjacent to an activating group) is 1. The minimum atomic E-state index is 0.0186. The van der Waals surface area contributed by atoms with Gasteiger partial charge in [-0.15, -0.1) is 0 Å². The number of benzene rings is 1. The topological polar surface area (TPSA) is 35.6 Å². The highest BCUT2D eigenvalue weighted by Gasteiger charge is 2.07. The van der Waals surface area contributed by atoms with E-state index in [-0.39, 0.29) is 5.91 Å². The number of rotatable bonds is 5. The second kappa shape index (κ2) is 6.52. The Bertz CT molecular complexity index is 414. The molecule has 0 aliphatic heterocycles. The van der Waals surface area contributed by atoms with Gasteiger partial charge in [-0.1, -0.05) is 12.1 Å². The molecule has 1 aromatic carbocycles. The summed E-state index contributed by atoms with van der Waals surface area (Å²) in [7, 11) is 7.83. The number of amides is 1. The molecule has 1 amide bonds. The molecule has 0 atom stereocenters. The van der Waals surface area contributed by atoms with Crippen LogP contribution in [0.3, 0.4) is 0 Å². The van der Waals surface area contributed by atoms with E-state index >= 15 is 0 Å². The quantitative estimate of drug-likeness (QED) is 0.860. The molecule has 0 radical (unpaired) electrons. The van der Waals surface area contributed by atoms with Gasteiger partial charge < -0.3 is 15.1 Å². The van der Waals surface area contributed by atoms with E-state index in [9.17, 15) is 4.79 Å². The Hall–Kier alpha value is -1.39. The molecule has 0 heterocycles. The normalized spacial score (nSPS) is 11.1. The van der Waals surface area contributed by atoms with Crippen molar-refractivity contribution < 1.29 is 4.79 Å². The third-order valence-electron chi connectivity index (χ3n) is 2.53. The van der Waals surface area contributed by atoms with Crippen LogP contribution in [0.4, 0.5) is 5.69 Å². The second-order valence-corrected chi connectivity index (χ2v) is 5.17. The fourth-order valence-electron chi connectivity index (χ4n) is 1.74.